The van der Waals surface area contributed by atoms with Gasteiger partial charge in [-0.15, -0.1) is 11.3 Å². The lowest BCUT2D eigenvalue weighted by atomic mass is 10.0. The van der Waals surface area contributed by atoms with E-state index in [0.29, 0.717) is 16.8 Å². The minimum Gasteiger partial charge on any atom is -0.477 e. The van der Waals surface area contributed by atoms with Crippen molar-refractivity contribution in [2.45, 2.75) is 6.42 Å². The highest BCUT2D eigenvalue weighted by atomic mass is 32.1. The van der Waals surface area contributed by atoms with E-state index in [0.717, 1.165) is 16.5 Å². The average molecular weight is 294 g/mol. The first-order valence-corrected chi connectivity index (χ1v) is 7.09. The van der Waals surface area contributed by atoms with Crippen molar-refractivity contribution in [1.82, 2.24) is 4.98 Å². The van der Waals surface area contributed by atoms with Crippen LogP contribution in [-0.2, 0) is 6.42 Å². The topological polar surface area (TPSA) is 74.0 Å². The van der Waals surface area contributed by atoms with Gasteiger partial charge in [0.2, 0.25) is 0 Å². The molecule has 3 aromatic rings. The fraction of sp³-hybridized carbons (Fsp3) is 0.0625. The summed E-state index contributed by atoms with van der Waals surface area (Å²) in [6.07, 6.45) is 2.00. The molecule has 0 atom stereocenters. The Morgan fingerprint density at radius 2 is 2.05 bits per heavy atom. The minimum absolute atomic E-state index is 0.289. The molecule has 2 aromatic heterocycles. The molecule has 3 rings (SSSR count). The van der Waals surface area contributed by atoms with Gasteiger partial charge in [0.1, 0.15) is 9.71 Å². The molecule has 0 aliphatic carbocycles. The Morgan fingerprint density at radius 3 is 2.71 bits per heavy atom. The number of fused-ring (bicyclic) bond motifs is 1. The fourth-order valence-corrected chi connectivity index (χ4v) is 3.25. The SMILES string of the molecule is N#CCc1ccc(-c2c(C(=O)O)sc3ncccc23)cc1. The van der Waals surface area contributed by atoms with Gasteiger partial charge in [-0.2, -0.15) is 5.26 Å². The van der Waals surface area contributed by atoms with Gasteiger partial charge in [-0.1, -0.05) is 24.3 Å². The van der Waals surface area contributed by atoms with Crippen molar-refractivity contribution in [3.63, 3.8) is 0 Å². The predicted octanol–water partition coefficient (Wildman–Crippen LogP) is 3.73. The van der Waals surface area contributed by atoms with E-state index >= 15 is 0 Å². The fourth-order valence-electron chi connectivity index (χ4n) is 2.25. The third kappa shape index (κ3) is 2.37. The van der Waals surface area contributed by atoms with Crippen LogP contribution in [0, 0.1) is 11.3 Å². The molecular weight excluding hydrogens is 284 g/mol. The molecule has 0 spiro atoms. The number of carbonyl (C=O) groups is 1. The lowest BCUT2D eigenvalue weighted by molar-refractivity contribution is 0.0703. The standard InChI is InChI=1S/C16H10N2O2S/c17-8-7-10-3-5-11(6-4-10)13-12-2-1-9-18-15(12)21-14(13)16(19)20/h1-6,9H,7H2,(H,19,20). The summed E-state index contributed by atoms with van der Waals surface area (Å²) in [7, 11) is 0. The number of aromatic carboxylic acids is 1. The van der Waals surface area contributed by atoms with Crippen LogP contribution in [0.4, 0.5) is 0 Å². The highest BCUT2D eigenvalue weighted by Crippen LogP contribution is 2.37. The van der Waals surface area contributed by atoms with Crippen LogP contribution in [0.5, 0.6) is 0 Å². The third-order valence-electron chi connectivity index (χ3n) is 3.19. The molecule has 1 aromatic carbocycles. The van der Waals surface area contributed by atoms with E-state index in [-0.39, 0.29) is 4.88 Å². The molecule has 0 aliphatic rings. The summed E-state index contributed by atoms with van der Waals surface area (Å²) < 4.78 is 0. The Balaban J connectivity index is 2.21. The van der Waals surface area contributed by atoms with Crippen LogP contribution in [0.1, 0.15) is 15.2 Å². The Morgan fingerprint density at radius 1 is 1.29 bits per heavy atom. The first kappa shape index (κ1) is 13.3. The van der Waals surface area contributed by atoms with Crippen molar-refractivity contribution < 1.29 is 9.90 Å². The second kappa shape index (κ2) is 5.35. The predicted molar refractivity (Wildman–Crippen MR) is 81.3 cm³/mol. The number of thiophene rings is 1. The van der Waals surface area contributed by atoms with E-state index in [1.54, 1.807) is 12.3 Å². The number of hydrogen-bond donors (Lipinski definition) is 1. The molecule has 0 amide bonds. The summed E-state index contributed by atoms with van der Waals surface area (Å²) in [4.78, 5) is 16.7. The van der Waals surface area contributed by atoms with E-state index in [1.807, 2.05) is 30.3 Å². The van der Waals surface area contributed by atoms with Gasteiger partial charge < -0.3 is 5.11 Å². The minimum atomic E-state index is -0.950. The number of hydrogen-bond acceptors (Lipinski definition) is 4. The van der Waals surface area contributed by atoms with E-state index < -0.39 is 5.97 Å². The third-order valence-corrected chi connectivity index (χ3v) is 4.29. The number of carboxylic acid groups (broad SMARTS) is 1. The van der Waals surface area contributed by atoms with Crippen LogP contribution < -0.4 is 0 Å². The molecule has 0 bridgehead atoms. The van der Waals surface area contributed by atoms with Crippen LogP contribution >= 0.6 is 11.3 Å². The molecule has 0 aliphatic heterocycles. The van der Waals surface area contributed by atoms with Crippen LogP contribution in [0.25, 0.3) is 21.3 Å². The van der Waals surface area contributed by atoms with Gasteiger partial charge in [0.05, 0.1) is 12.5 Å². The maximum atomic E-state index is 11.5. The van der Waals surface area contributed by atoms with E-state index in [4.69, 9.17) is 5.26 Å². The number of benzene rings is 1. The quantitative estimate of drug-likeness (QED) is 0.798. The van der Waals surface area contributed by atoms with E-state index in [2.05, 4.69) is 11.1 Å². The summed E-state index contributed by atoms with van der Waals surface area (Å²) in [5.74, 6) is -0.950. The Bertz CT molecular complexity index is 860. The van der Waals surface area contributed by atoms with Crippen LogP contribution in [0.15, 0.2) is 42.6 Å². The number of carboxylic acids is 1. The zero-order valence-electron chi connectivity index (χ0n) is 10.9. The summed E-state index contributed by atoms with van der Waals surface area (Å²) >= 11 is 1.18. The van der Waals surface area contributed by atoms with Crippen LogP contribution in [-0.4, -0.2) is 16.1 Å². The van der Waals surface area contributed by atoms with Gasteiger partial charge in [-0.05, 0) is 23.3 Å². The smallest absolute Gasteiger partial charge is 0.346 e. The normalized spacial score (nSPS) is 10.4. The second-order valence-electron chi connectivity index (χ2n) is 4.50. The molecule has 0 radical (unpaired) electrons. The number of rotatable bonds is 3. The molecule has 5 heteroatoms. The summed E-state index contributed by atoms with van der Waals surface area (Å²) in [6, 6.07) is 13.2. The van der Waals surface area contributed by atoms with Crippen LogP contribution in [0.2, 0.25) is 0 Å². The van der Waals surface area contributed by atoms with Crippen LogP contribution in [0.3, 0.4) is 0 Å². The average Bonchev–Trinajstić information content (AvgIpc) is 2.88. The molecule has 4 nitrogen and oxygen atoms in total. The van der Waals surface area contributed by atoms with Crippen molar-refractivity contribution in [3.8, 4) is 17.2 Å². The molecule has 2 heterocycles. The zero-order valence-corrected chi connectivity index (χ0v) is 11.7. The summed E-state index contributed by atoms with van der Waals surface area (Å²) in [5.41, 5.74) is 2.43. The highest BCUT2D eigenvalue weighted by molar-refractivity contribution is 7.21. The van der Waals surface area contributed by atoms with E-state index in [9.17, 15) is 9.90 Å². The van der Waals surface area contributed by atoms with E-state index in [1.165, 1.54) is 11.3 Å². The van der Waals surface area contributed by atoms with Crippen molar-refractivity contribution >= 4 is 27.5 Å². The Labute approximate surface area is 124 Å². The highest BCUT2D eigenvalue weighted by Gasteiger charge is 2.19. The first-order chi connectivity index (χ1) is 10.2. The number of pyridine rings is 1. The molecule has 0 fully saturated rings. The van der Waals surface area contributed by atoms with Gasteiger partial charge in [0, 0.05) is 17.1 Å². The number of aromatic nitrogens is 1. The second-order valence-corrected chi connectivity index (χ2v) is 5.50. The lowest BCUT2D eigenvalue weighted by Crippen LogP contribution is -1.94. The van der Waals surface area contributed by atoms with Gasteiger partial charge in [0.25, 0.3) is 0 Å². The maximum Gasteiger partial charge on any atom is 0.346 e. The number of nitrogens with zero attached hydrogens (tertiary/aromatic N) is 2. The van der Waals surface area contributed by atoms with Gasteiger partial charge in [-0.3, -0.25) is 0 Å². The zero-order chi connectivity index (χ0) is 14.8. The molecule has 102 valence electrons. The monoisotopic (exact) mass is 294 g/mol. The van der Waals surface area contributed by atoms with Crippen molar-refractivity contribution in [2.24, 2.45) is 0 Å². The molecular formula is C16H10N2O2S. The molecule has 1 N–H and O–H groups in total. The van der Waals surface area contributed by atoms with Crippen molar-refractivity contribution in [3.05, 3.63) is 53.0 Å². The molecule has 0 unspecified atom stereocenters. The first-order valence-electron chi connectivity index (χ1n) is 6.28. The molecule has 0 saturated carbocycles. The summed E-state index contributed by atoms with van der Waals surface area (Å²) in [6.45, 7) is 0. The maximum absolute atomic E-state index is 11.5. The number of nitriles is 1. The van der Waals surface area contributed by atoms with Gasteiger partial charge >= 0.3 is 5.97 Å². The Hall–Kier alpha value is -2.71. The summed E-state index contributed by atoms with van der Waals surface area (Å²) in [5, 5.41) is 18.9. The lowest BCUT2D eigenvalue weighted by Gasteiger charge is -2.03. The van der Waals surface area contributed by atoms with Crippen molar-refractivity contribution in [2.75, 3.05) is 0 Å². The van der Waals surface area contributed by atoms with Crippen molar-refractivity contribution in [1.29, 1.82) is 5.26 Å². The van der Waals surface area contributed by atoms with Gasteiger partial charge in [-0.25, -0.2) is 9.78 Å². The van der Waals surface area contributed by atoms with Gasteiger partial charge in [0.15, 0.2) is 0 Å². The molecule has 0 saturated heterocycles. The Kier molecular flexibility index (Phi) is 3.38. The largest absolute Gasteiger partial charge is 0.477 e. The molecule has 21 heavy (non-hydrogen) atoms.